The molecular weight excluding hydrogens is 340 g/mol. The molecule has 0 spiro atoms. The molecule has 128 valence electrons. The minimum absolute atomic E-state index is 0.226. The number of thiophene rings is 1. The topological polar surface area (TPSA) is 49.3 Å². The molecule has 5 nitrogen and oxygen atoms in total. The van der Waals surface area contributed by atoms with Gasteiger partial charge in [-0.3, -0.25) is 4.79 Å². The van der Waals surface area contributed by atoms with E-state index >= 15 is 0 Å². The summed E-state index contributed by atoms with van der Waals surface area (Å²) in [5.74, 6) is 0.699. The number of thioether (sulfide) groups is 1. The highest BCUT2D eigenvalue weighted by molar-refractivity contribution is 8.00. The molecule has 1 fully saturated rings. The van der Waals surface area contributed by atoms with E-state index in [1.54, 1.807) is 18.1 Å². The highest BCUT2D eigenvalue weighted by Gasteiger charge is 2.22. The lowest BCUT2D eigenvalue weighted by molar-refractivity contribution is -0.129. The third kappa shape index (κ3) is 3.17. The van der Waals surface area contributed by atoms with Gasteiger partial charge >= 0.3 is 0 Å². The van der Waals surface area contributed by atoms with Crippen molar-refractivity contribution >= 4 is 39.2 Å². The second-order valence-corrected chi connectivity index (χ2v) is 8.59. The zero-order valence-electron chi connectivity index (χ0n) is 14.0. The van der Waals surface area contributed by atoms with Gasteiger partial charge in [0.15, 0.2) is 0 Å². The number of amides is 1. The van der Waals surface area contributed by atoms with Crippen molar-refractivity contribution in [3.63, 3.8) is 0 Å². The lowest BCUT2D eigenvalue weighted by Gasteiger charge is -2.32. The van der Waals surface area contributed by atoms with Gasteiger partial charge in [-0.25, -0.2) is 9.97 Å². The van der Waals surface area contributed by atoms with E-state index in [2.05, 4.69) is 21.9 Å². The third-order valence-corrected chi connectivity index (χ3v) is 7.08. The molecule has 2 aromatic heterocycles. The molecule has 0 aromatic carbocycles. The summed E-state index contributed by atoms with van der Waals surface area (Å²) >= 11 is 3.39. The largest absolute Gasteiger partial charge is 0.339 e. The zero-order valence-corrected chi connectivity index (χ0v) is 15.6. The first-order valence-electron chi connectivity index (χ1n) is 8.57. The van der Waals surface area contributed by atoms with Crippen molar-refractivity contribution in [1.29, 1.82) is 0 Å². The van der Waals surface area contributed by atoms with Gasteiger partial charge in [0.25, 0.3) is 0 Å². The molecule has 7 heteroatoms. The molecule has 2 aliphatic rings. The van der Waals surface area contributed by atoms with Gasteiger partial charge in [0, 0.05) is 36.4 Å². The second-order valence-electron chi connectivity index (χ2n) is 6.54. The molecule has 1 saturated heterocycles. The van der Waals surface area contributed by atoms with Crippen molar-refractivity contribution in [1.82, 2.24) is 19.8 Å². The van der Waals surface area contributed by atoms with Crippen LogP contribution < -0.4 is 0 Å². The summed E-state index contributed by atoms with van der Waals surface area (Å²) in [4.78, 5) is 28.3. The van der Waals surface area contributed by atoms with Gasteiger partial charge in [0.2, 0.25) is 5.91 Å². The molecule has 24 heavy (non-hydrogen) atoms. The minimum Gasteiger partial charge on any atom is -0.339 e. The molecule has 0 atom stereocenters. The molecule has 1 aliphatic carbocycles. The Morgan fingerprint density at radius 1 is 1.21 bits per heavy atom. The van der Waals surface area contributed by atoms with Gasteiger partial charge in [-0.1, -0.05) is 11.8 Å². The van der Waals surface area contributed by atoms with Crippen LogP contribution in [-0.4, -0.2) is 64.7 Å². The molecule has 0 saturated carbocycles. The van der Waals surface area contributed by atoms with Crippen LogP contribution in [0.3, 0.4) is 0 Å². The fourth-order valence-corrected chi connectivity index (χ4v) is 5.67. The maximum absolute atomic E-state index is 12.5. The number of hydrogen-bond acceptors (Lipinski definition) is 6. The summed E-state index contributed by atoms with van der Waals surface area (Å²) in [6.07, 6.45) is 6.46. The van der Waals surface area contributed by atoms with Crippen molar-refractivity contribution in [2.24, 2.45) is 0 Å². The maximum atomic E-state index is 12.5. The summed E-state index contributed by atoms with van der Waals surface area (Å²) < 4.78 is 0. The van der Waals surface area contributed by atoms with E-state index in [9.17, 15) is 4.79 Å². The average molecular weight is 363 g/mol. The van der Waals surface area contributed by atoms with E-state index < -0.39 is 0 Å². The number of carbonyl (C=O) groups excluding carboxylic acids is 1. The average Bonchev–Trinajstić information content (AvgIpc) is 2.99. The van der Waals surface area contributed by atoms with Gasteiger partial charge in [-0.2, -0.15) is 0 Å². The highest BCUT2D eigenvalue weighted by atomic mass is 32.2. The highest BCUT2D eigenvalue weighted by Crippen LogP contribution is 2.39. The Morgan fingerprint density at radius 3 is 2.83 bits per heavy atom. The number of likely N-dealkylation sites (N-methyl/N-ethyl adjacent to an activating group) is 1. The zero-order chi connectivity index (χ0) is 16.5. The third-order valence-electron chi connectivity index (χ3n) is 4.90. The first-order valence-corrected chi connectivity index (χ1v) is 10.4. The predicted molar refractivity (Wildman–Crippen MR) is 98.9 cm³/mol. The van der Waals surface area contributed by atoms with Gasteiger partial charge < -0.3 is 9.80 Å². The van der Waals surface area contributed by atoms with Crippen LogP contribution in [-0.2, 0) is 17.6 Å². The first-order chi connectivity index (χ1) is 11.7. The fourth-order valence-electron chi connectivity index (χ4n) is 3.45. The van der Waals surface area contributed by atoms with Gasteiger partial charge in [-0.05, 0) is 38.3 Å². The molecule has 1 amide bonds. The van der Waals surface area contributed by atoms with E-state index in [1.165, 1.54) is 35.1 Å². The molecule has 4 rings (SSSR count). The molecule has 0 unspecified atom stereocenters. The SMILES string of the molecule is CN1CCN(C(=O)CSc2ncnc3sc4c(c23)CCCC4)CC1. The molecule has 0 N–H and O–H groups in total. The van der Waals surface area contributed by atoms with Crippen LogP contribution >= 0.6 is 23.1 Å². The molecular formula is C17H22N4OS2. The van der Waals surface area contributed by atoms with Crippen LogP contribution in [0.5, 0.6) is 0 Å². The van der Waals surface area contributed by atoms with Crippen LogP contribution in [0.25, 0.3) is 10.2 Å². The normalized spacial score (nSPS) is 18.8. The number of hydrogen-bond donors (Lipinski definition) is 0. The Balaban J connectivity index is 1.50. The summed E-state index contributed by atoms with van der Waals surface area (Å²) in [6, 6.07) is 0. The van der Waals surface area contributed by atoms with Crippen LogP contribution in [0.2, 0.25) is 0 Å². The number of rotatable bonds is 3. The lowest BCUT2D eigenvalue weighted by atomic mass is 9.97. The fraction of sp³-hybridized carbons (Fsp3) is 0.588. The second kappa shape index (κ2) is 6.98. The van der Waals surface area contributed by atoms with Crippen molar-refractivity contribution in [2.45, 2.75) is 30.7 Å². The summed E-state index contributed by atoms with van der Waals surface area (Å²) in [5.41, 5.74) is 1.44. The Hall–Kier alpha value is -1.18. The molecule has 2 aromatic rings. The number of carbonyl (C=O) groups is 1. The lowest BCUT2D eigenvalue weighted by Crippen LogP contribution is -2.47. The molecule has 1 aliphatic heterocycles. The molecule has 0 radical (unpaired) electrons. The van der Waals surface area contributed by atoms with Crippen molar-refractivity contribution in [3.05, 3.63) is 16.8 Å². The summed E-state index contributed by atoms with van der Waals surface area (Å²) in [6.45, 7) is 3.60. The van der Waals surface area contributed by atoms with Gasteiger partial charge in [0.05, 0.1) is 5.75 Å². The summed E-state index contributed by atoms with van der Waals surface area (Å²) in [7, 11) is 2.11. The standard InChI is InChI=1S/C17H22N4OS2/c1-20-6-8-21(9-7-20)14(22)10-23-16-15-12-4-2-3-5-13(12)24-17(15)19-11-18-16/h11H,2-10H2,1H3. The Bertz CT molecular complexity index is 752. The van der Waals surface area contributed by atoms with Crippen LogP contribution in [0.15, 0.2) is 11.4 Å². The van der Waals surface area contributed by atoms with Crippen LogP contribution in [0.4, 0.5) is 0 Å². The molecule has 3 heterocycles. The van der Waals surface area contributed by atoms with E-state index in [-0.39, 0.29) is 5.91 Å². The Labute approximate surface area is 150 Å². The molecule has 0 bridgehead atoms. The monoisotopic (exact) mass is 362 g/mol. The Morgan fingerprint density at radius 2 is 2.00 bits per heavy atom. The van der Waals surface area contributed by atoms with Crippen LogP contribution in [0, 0.1) is 0 Å². The van der Waals surface area contributed by atoms with Gasteiger partial charge in [0.1, 0.15) is 16.2 Å². The van der Waals surface area contributed by atoms with E-state index in [0.29, 0.717) is 5.75 Å². The Kier molecular flexibility index (Phi) is 4.74. The number of piperazine rings is 1. The predicted octanol–water partition coefficient (Wildman–Crippen LogP) is 2.44. The first kappa shape index (κ1) is 16.3. The van der Waals surface area contributed by atoms with E-state index in [4.69, 9.17) is 0 Å². The number of fused-ring (bicyclic) bond motifs is 3. The van der Waals surface area contributed by atoms with Crippen molar-refractivity contribution in [2.75, 3.05) is 39.0 Å². The van der Waals surface area contributed by atoms with E-state index in [1.807, 2.05) is 16.2 Å². The quantitative estimate of drug-likeness (QED) is 0.620. The van der Waals surface area contributed by atoms with E-state index in [0.717, 1.165) is 42.5 Å². The number of aromatic nitrogens is 2. The van der Waals surface area contributed by atoms with Gasteiger partial charge in [-0.15, -0.1) is 11.3 Å². The maximum Gasteiger partial charge on any atom is 0.233 e. The number of nitrogens with zero attached hydrogens (tertiary/aromatic N) is 4. The van der Waals surface area contributed by atoms with Crippen molar-refractivity contribution < 1.29 is 4.79 Å². The number of aryl methyl sites for hydroxylation is 2. The minimum atomic E-state index is 0.226. The smallest absolute Gasteiger partial charge is 0.233 e. The summed E-state index contributed by atoms with van der Waals surface area (Å²) in [5, 5.41) is 2.20. The van der Waals surface area contributed by atoms with Crippen molar-refractivity contribution in [3.8, 4) is 0 Å². The van der Waals surface area contributed by atoms with Crippen LogP contribution in [0.1, 0.15) is 23.3 Å².